The SMILES string of the molecule is CN(C)C.CN1CCC2CC21. The predicted octanol–water partition coefficient (Wildman–Crippen LogP) is 0.888. The highest BCUT2D eigenvalue weighted by Crippen LogP contribution is 2.42. The lowest BCUT2D eigenvalue weighted by Gasteiger charge is -2.06. The van der Waals surface area contributed by atoms with Crippen molar-refractivity contribution in [3.05, 3.63) is 0 Å². The van der Waals surface area contributed by atoms with Crippen molar-refractivity contribution in [2.45, 2.75) is 18.9 Å². The molecule has 0 aromatic rings. The van der Waals surface area contributed by atoms with E-state index in [1.165, 1.54) is 19.4 Å². The highest BCUT2D eigenvalue weighted by Gasteiger charge is 2.44. The fourth-order valence-corrected chi connectivity index (χ4v) is 1.62. The van der Waals surface area contributed by atoms with Crippen LogP contribution >= 0.6 is 0 Å². The summed E-state index contributed by atoms with van der Waals surface area (Å²) in [5.74, 6) is 1.12. The van der Waals surface area contributed by atoms with Gasteiger partial charge in [0.2, 0.25) is 0 Å². The third kappa shape index (κ3) is 2.80. The molecule has 2 heteroatoms. The minimum atomic E-state index is 1.01. The fourth-order valence-electron chi connectivity index (χ4n) is 1.62. The molecule has 2 unspecified atom stereocenters. The van der Waals surface area contributed by atoms with Gasteiger partial charge in [0.25, 0.3) is 0 Å². The first-order valence-electron chi connectivity index (χ1n) is 4.42. The van der Waals surface area contributed by atoms with Gasteiger partial charge in [-0.25, -0.2) is 0 Å². The molecule has 2 fully saturated rings. The quantitative estimate of drug-likeness (QED) is 0.514. The number of hydrogen-bond acceptors (Lipinski definition) is 2. The van der Waals surface area contributed by atoms with Gasteiger partial charge in [-0.05, 0) is 53.5 Å². The Kier molecular flexibility index (Phi) is 2.90. The van der Waals surface area contributed by atoms with Crippen molar-refractivity contribution in [3.8, 4) is 0 Å². The summed E-state index contributed by atoms with van der Waals surface area (Å²) < 4.78 is 0. The van der Waals surface area contributed by atoms with Crippen LogP contribution in [0.3, 0.4) is 0 Å². The molecule has 11 heavy (non-hydrogen) atoms. The van der Waals surface area contributed by atoms with E-state index in [2.05, 4.69) is 11.9 Å². The molecule has 2 rings (SSSR count). The lowest BCUT2D eigenvalue weighted by atomic mass is 10.3. The maximum absolute atomic E-state index is 2.48. The van der Waals surface area contributed by atoms with Crippen molar-refractivity contribution in [3.63, 3.8) is 0 Å². The minimum Gasteiger partial charge on any atom is -0.312 e. The Hall–Kier alpha value is -0.0800. The molecule has 66 valence electrons. The average molecular weight is 156 g/mol. The molecular formula is C9H20N2. The van der Waals surface area contributed by atoms with Crippen LogP contribution in [0.2, 0.25) is 0 Å². The maximum Gasteiger partial charge on any atom is 0.0125 e. The van der Waals surface area contributed by atoms with Gasteiger partial charge in [-0.1, -0.05) is 0 Å². The van der Waals surface area contributed by atoms with Crippen molar-refractivity contribution in [2.75, 3.05) is 34.7 Å². The Morgan fingerprint density at radius 1 is 1.27 bits per heavy atom. The molecule has 1 heterocycles. The molecule has 1 aliphatic carbocycles. The van der Waals surface area contributed by atoms with Crippen LogP contribution in [0.25, 0.3) is 0 Å². The zero-order valence-corrected chi connectivity index (χ0v) is 8.17. The molecule has 0 aromatic carbocycles. The second kappa shape index (κ2) is 3.55. The van der Waals surface area contributed by atoms with Crippen molar-refractivity contribution in [1.29, 1.82) is 0 Å². The Balaban J connectivity index is 0.000000134. The Labute approximate surface area is 70.2 Å². The number of piperidine rings is 1. The summed E-state index contributed by atoms with van der Waals surface area (Å²) >= 11 is 0. The predicted molar refractivity (Wildman–Crippen MR) is 48.8 cm³/mol. The fraction of sp³-hybridized carbons (Fsp3) is 1.00. The van der Waals surface area contributed by atoms with E-state index in [-0.39, 0.29) is 0 Å². The molecule has 1 saturated heterocycles. The molecule has 2 atom stereocenters. The van der Waals surface area contributed by atoms with E-state index in [1.54, 1.807) is 0 Å². The molecule has 0 bridgehead atoms. The third-order valence-corrected chi connectivity index (χ3v) is 2.30. The second-order valence-electron chi connectivity index (χ2n) is 4.17. The van der Waals surface area contributed by atoms with Crippen molar-refractivity contribution in [2.24, 2.45) is 5.92 Å². The first-order chi connectivity index (χ1) is 5.11. The van der Waals surface area contributed by atoms with Crippen LogP contribution in [-0.4, -0.2) is 50.6 Å². The summed E-state index contributed by atoms with van der Waals surface area (Å²) in [7, 11) is 8.23. The van der Waals surface area contributed by atoms with Crippen LogP contribution in [0.4, 0.5) is 0 Å². The normalized spacial score (nSPS) is 34.6. The van der Waals surface area contributed by atoms with Crippen LogP contribution in [0.1, 0.15) is 12.8 Å². The summed E-state index contributed by atoms with van der Waals surface area (Å²) in [4.78, 5) is 4.48. The number of hydrogen-bond donors (Lipinski definition) is 0. The number of likely N-dealkylation sites (tertiary alicyclic amines) is 1. The van der Waals surface area contributed by atoms with Gasteiger partial charge in [-0.3, -0.25) is 0 Å². The Bertz CT molecular complexity index is 120. The van der Waals surface area contributed by atoms with E-state index in [0.717, 1.165) is 12.0 Å². The highest BCUT2D eigenvalue weighted by atomic mass is 15.2. The van der Waals surface area contributed by atoms with Crippen molar-refractivity contribution < 1.29 is 0 Å². The lowest BCUT2D eigenvalue weighted by molar-refractivity contribution is 0.369. The van der Waals surface area contributed by atoms with Gasteiger partial charge >= 0.3 is 0 Å². The molecule has 0 N–H and O–H groups in total. The summed E-state index contributed by atoms with van der Waals surface area (Å²) in [6.45, 7) is 1.36. The molecular weight excluding hydrogens is 136 g/mol. The first-order valence-corrected chi connectivity index (χ1v) is 4.42. The third-order valence-electron chi connectivity index (χ3n) is 2.30. The van der Waals surface area contributed by atoms with Crippen LogP contribution in [-0.2, 0) is 0 Å². The summed E-state index contributed by atoms with van der Waals surface area (Å²) in [6, 6.07) is 1.01. The Morgan fingerprint density at radius 3 is 1.91 bits per heavy atom. The van der Waals surface area contributed by atoms with E-state index < -0.39 is 0 Å². The van der Waals surface area contributed by atoms with Gasteiger partial charge < -0.3 is 9.80 Å². The molecule has 0 spiro atoms. The molecule has 0 amide bonds. The summed E-state index contributed by atoms with van der Waals surface area (Å²) in [6.07, 6.45) is 2.97. The van der Waals surface area contributed by atoms with Gasteiger partial charge in [-0.15, -0.1) is 0 Å². The molecule has 0 radical (unpaired) electrons. The first kappa shape index (κ1) is 9.01. The van der Waals surface area contributed by atoms with E-state index in [9.17, 15) is 0 Å². The second-order valence-corrected chi connectivity index (χ2v) is 4.17. The number of rotatable bonds is 0. The zero-order valence-electron chi connectivity index (χ0n) is 8.17. The van der Waals surface area contributed by atoms with Crippen LogP contribution in [0, 0.1) is 5.92 Å². The molecule has 1 aliphatic heterocycles. The Morgan fingerprint density at radius 2 is 1.82 bits per heavy atom. The van der Waals surface area contributed by atoms with Gasteiger partial charge in [0.1, 0.15) is 0 Å². The van der Waals surface area contributed by atoms with Gasteiger partial charge in [0.05, 0.1) is 0 Å². The van der Waals surface area contributed by atoms with E-state index >= 15 is 0 Å². The molecule has 2 nitrogen and oxygen atoms in total. The molecule has 0 aromatic heterocycles. The van der Waals surface area contributed by atoms with E-state index in [0.29, 0.717) is 0 Å². The van der Waals surface area contributed by atoms with Crippen molar-refractivity contribution >= 4 is 0 Å². The van der Waals surface area contributed by atoms with Crippen LogP contribution < -0.4 is 0 Å². The monoisotopic (exact) mass is 156 g/mol. The molecule has 1 saturated carbocycles. The average Bonchev–Trinajstić information content (AvgIpc) is 2.54. The smallest absolute Gasteiger partial charge is 0.0125 e. The van der Waals surface area contributed by atoms with Gasteiger partial charge in [0, 0.05) is 6.04 Å². The highest BCUT2D eigenvalue weighted by molar-refractivity contribution is 4.99. The number of fused-ring (bicyclic) bond motifs is 1. The number of nitrogens with zero attached hydrogens (tertiary/aromatic N) is 2. The summed E-state index contributed by atoms with van der Waals surface area (Å²) in [5, 5.41) is 0. The standard InChI is InChI=1S/C6H11N.C3H9N/c1-7-3-2-5-4-6(5)7;1-4(2)3/h5-6H,2-4H2,1H3;1-3H3. The maximum atomic E-state index is 2.48. The topological polar surface area (TPSA) is 6.48 Å². The van der Waals surface area contributed by atoms with Crippen LogP contribution in [0.15, 0.2) is 0 Å². The largest absolute Gasteiger partial charge is 0.312 e. The lowest BCUT2D eigenvalue weighted by Crippen LogP contribution is -2.16. The van der Waals surface area contributed by atoms with Crippen LogP contribution in [0.5, 0.6) is 0 Å². The van der Waals surface area contributed by atoms with E-state index in [4.69, 9.17) is 0 Å². The van der Waals surface area contributed by atoms with Gasteiger partial charge in [0.15, 0.2) is 0 Å². The van der Waals surface area contributed by atoms with Crippen molar-refractivity contribution in [1.82, 2.24) is 9.80 Å². The van der Waals surface area contributed by atoms with Gasteiger partial charge in [-0.2, -0.15) is 0 Å². The molecule has 2 aliphatic rings. The van der Waals surface area contributed by atoms with E-state index in [1.807, 2.05) is 26.0 Å². The zero-order chi connectivity index (χ0) is 8.43. The minimum absolute atomic E-state index is 1.01. The summed E-state index contributed by atoms with van der Waals surface area (Å²) in [5.41, 5.74) is 0.